The summed E-state index contributed by atoms with van der Waals surface area (Å²) in [7, 11) is 0. The predicted octanol–water partition coefficient (Wildman–Crippen LogP) is 6.13. The maximum absolute atomic E-state index is 9.79. The maximum atomic E-state index is 9.79. The van der Waals surface area contributed by atoms with Gasteiger partial charge in [-0.2, -0.15) is 0 Å². The minimum Gasteiger partial charge on any atom is -0.508 e. The van der Waals surface area contributed by atoms with E-state index < -0.39 is 0 Å². The van der Waals surface area contributed by atoms with Crippen molar-refractivity contribution >= 4 is 5.57 Å². The van der Waals surface area contributed by atoms with Crippen molar-refractivity contribution in [3.63, 3.8) is 0 Å². The Morgan fingerprint density at radius 3 is 2.92 bits per heavy atom. The fraction of sp³-hybridized carbons (Fsp3) is 0.565. The molecule has 0 bridgehead atoms. The Morgan fingerprint density at radius 2 is 2.12 bits per heavy atom. The van der Waals surface area contributed by atoms with E-state index in [1.165, 1.54) is 55.2 Å². The molecule has 0 radical (unpaired) electrons. The molecule has 0 aliphatic heterocycles. The first kappa shape index (κ1) is 16.0. The molecular weight excluding hydrogens is 292 g/mol. The lowest BCUT2D eigenvalue weighted by Crippen LogP contribution is -2.38. The smallest absolute Gasteiger partial charge is 0.115 e. The Kier molecular flexibility index (Phi) is 3.86. The molecule has 0 heterocycles. The molecule has 1 saturated carbocycles. The van der Waals surface area contributed by atoms with E-state index in [4.69, 9.17) is 0 Å². The van der Waals surface area contributed by atoms with Crippen LogP contribution in [0.4, 0.5) is 0 Å². The Balaban J connectivity index is 1.69. The summed E-state index contributed by atoms with van der Waals surface area (Å²) in [5, 5.41) is 9.79. The summed E-state index contributed by atoms with van der Waals surface area (Å²) in [6.45, 7) is 9.27. The van der Waals surface area contributed by atoms with Crippen LogP contribution >= 0.6 is 0 Å². The van der Waals surface area contributed by atoms with Gasteiger partial charge in [0.15, 0.2) is 0 Å². The second kappa shape index (κ2) is 5.79. The summed E-state index contributed by atoms with van der Waals surface area (Å²) in [5.41, 5.74) is 6.23. The number of hydrogen-bond donors (Lipinski definition) is 1. The molecule has 24 heavy (non-hydrogen) atoms. The maximum Gasteiger partial charge on any atom is 0.115 e. The van der Waals surface area contributed by atoms with Gasteiger partial charge in [0, 0.05) is 0 Å². The predicted molar refractivity (Wildman–Crippen MR) is 101 cm³/mol. The highest BCUT2D eigenvalue weighted by Gasteiger charge is 2.52. The zero-order chi connectivity index (χ0) is 16.9. The molecule has 1 heteroatoms. The summed E-state index contributed by atoms with van der Waals surface area (Å²) >= 11 is 0. The van der Waals surface area contributed by atoms with Gasteiger partial charge in [0.1, 0.15) is 5.75 Å². The van der Waals surface area contributed by atoms with Crippen LogP contribution in [0, 0.1) is 23.2 Å². The van der Waals surface area contributed by atoms with Crippen LogP contribution in [0.25, 0.3) is 5.57 Å². The topological polar surface area (TPSA) is 20.2 Å². The molecule has 0 saturated heterocycles. The van der Waals surface area contributed by atoms with Gasteiger partial charge in [-0.25, -0.2) is 0 Å². The van der Waals surface area contributed by atoms with Crippen molar-refractivity contribution in [3.8, 4) is 5.75 Å². The molecule has 3 aliphatic carbocycles. The number of aromatic hydroxyl groups is 1. The van der Waals surface area contributed by atoms with E-state index in [1.54, 1.807) is 5.57 Å². The number of phenols is 1. The van der Waals surface area contributed by atoms with Crippen LogP contribution in [0.2, 0.25) is 0 Å². The van der Waals surface area contributed by atoms with E-state index in [1.807, 2.05) is 12.1 Å². The second-order valence-electron chi connectivity index (χ2n) is 8.50. The third kappa shape index (κ3) is 2.28. The third-order valence-corrected chi connectivity index (χ3v) is 7.24. The summed E-state index contributed by atoms with van der Waals surface area (Å²) in [5.74, 6) is 2.63. The zero-order valence-electron chi connectivity index (χ0n) is 15.1. The molecule has 1 N–H and O–H groups in total. The quantitative estimate of drug-likeness (QED) is 0.664. The van der Waals surface area contributed by atoms with Gasteiger partial charge >= 0.3 is 0 Å². The molecule has 0 amide bonds. The first-order chi connectivity index (χ1) is 11.5. The molecule has 1 aromatic carbocycles. The highest BCUT2D eigenvalue weighted by Crippen LogP contribution is 2.62. The van der Waals surface area contributed by atoms with Gasteiger partial charge in [-0.1, -0.05) is 44.6 Å². The van der Waals surface area contributed by atoms with Crippen LogP contribution in [0.3, 0.4) is 0 Å². The van der Waals surface area contributed by atoms with E-state index in [2.05, 4.69) is 32.6 Å². The highest BCUT2D eigenvalue weighted by molar-refractivity contribution is 5.73. The highest BCUT2D eigenvalue weighted by atomic mass is 16.3. The molecule has 1 aromatic rings. The fourth-order valence-electron chi connectivity index (χ4n) is 6.13. The lowest BCUT2D eigenvalue weighted by Gasteiger charge is -2.47. The van der Waals surface area contributed by atoms with Crippen LogP contribution in [-0.4, -0.2) is 5.11 Å². The van der Waals surface area contributed by atoms with Crippen molar-refractivity contribution in [1.29, 1.82) is 0 Å². The van der Waals surface area contributed by atoms with Gasteiger partial charge in [0.05, 0.1) is 0 Å². The van der Waals surface area contributed by atoms with Gasteiger partial charge in [0.25, 0.3) is 0 Å². The largest absolute Gasteiger partial charge is 0.508 e. The SMILES string of the molecule is C=C(CCC)C1CCC2C3CCc4cc(O)ccc4C3=CCC12C. The minimum absolute atomic E-state index is 0.408. The number of phenolic OH excluding ortho intramolecular Hbond substituents is 1. The zero-order valence-corrected chi connectivity index (χ0v) is 15.1. The summed E-state index contributed by atoms with van der Waals surface area (Å²) in [6, 6.07) is 5.98. The van der Waals surface area contributed by atoms with Crippen molar-refractivity contribution in [2.75, 3.05) is 0 Å². The summed E-state index contributed by atoms with van der Waals surface area (Å²) < 4.78 is 0. The molecule has 4 unspecified atom stereocenters. The Hall–Kier alpha value is -1.50. The molecule has 128 valence electrons. The Morgan fingerprint density at radius 1 is 1.29 bits per heavy atom. The number of aryl methyl sites for hydroxylation is 1. The van der Waals surface area contributed by atoms with Crippen LogP contribution in [0.1, 0.15) is 63.5 Å². The van der Waals surface area contributed by atoms with Crippen LogP contribution in [0.5, 0.6) is 5.75 Å². The number of hydrogen-bond acceptors (Lipinski definition) is 1. The van der Waals surface area contributed by atoms with Crippen molar-refractivity contribution in [2.45, 2.75) is 58.8 Å². The number of allylic oxidation sites excluding steroid dienone is 3. The van der Waals surface area contributed by atoms with Crippen LogP contribution in [0.15, 0.2) is 36.4 Å². The summed E-state index contributed by atoms with van der Waals surface area (Å²) in [6.07, 6.45) is 11.2. The first-order valence-electron chi connectivity index (χ1n) is 9.74. The Labute approximate surface area is 146 Å². The lowest BCUT2D eigenvalue weighted by atomic mass is 9.57. The van der Waals surface area contributed by atoms with E-state index in [0.717, 1.165) is 12.3 Å². The number of rotatable bonds is 3. The molecular formula is C23H30O. The van der Waals surface area contributed by atoms with Crippen molar-refractivity contribution in [2.24, 2.45) is 23.2 Å². The molecule has 1 nitrogen and oxygen atoms in total. The van der Waals surface area contributed by atoms with Crippen LogP contribution < -0.4 is 0 Å². The molecule has 0 aromatic heterocycles. The van der Waals surface area contributed by atoms with E-state index in [9.17, 15) is 5.11 Å². The second-order valence-corrected chi connectivity index (χ2v) is 8.50. The van der Waals surface area contributed by atoms with Gasteiger partial charge < -0.3 is 5.11 Å². The van der Waals surface area contributed by atoms with Crippen molar-refractivity contribution < 1.29 is 5.11 Å². The van der Waals surface area contributed by atoms with Gasteiger partial charge in [-0.3, -0.25) is 0 Å². The molecule has 1 fully saturated rings. The monoisotopic (exact) mass is 322 g/mol. The first-order valence-corrected chi connectivity index (χ1v) is 9.74. The van der Waals surface area contributed by atoms with Gasteiger partial charge in [-0.15, -0.1) is 0 Å². The molecule has 4 atom stereocenters. The van der Waals surface area contributed by atoms with Crippen molar-refractivity contribution in [3.05, 3.63) is 47.6 Å². The van der Waals surface area contributed by atoms with E-state index in [0.29, 0.717) is 23.0 Å². The number of benzene rings is 1. The van der Waals surface area contributed by atoms with Gasteiger partial charge in [-0.05, 0) is 90.5 Å². The standard InChI is InChI=1S/C23H30O/c1-4-5-15(2)21-10-11-22-20-8-6-16-14-17(24)7-9-18(16)19(20)12-13-23(21,22)3/h7,9,12,14,20-22,24H,2,4-6,8,10-11,13H2,1,3H3. The normalized spacial score (nSPS) is 34.1. The molecule has 4 rings (SSSR count). The molecule has 3 aliphatic rings. The van der Waals surface area contributed by atoms with E-state index in [-0.39, 0.29) is 0 Å². The minimum atomic E-state index is 0.408. The number of fused-ring (bicyclic) bond motifs is 5. The average molecular weight is 322 g/mol. The van der Waals surface area contributed by atoms with Gasteiger partial charge in [0.2, 0.25) is 0 Å². The van der Waals surface area contributed by atoms with Crippen molar-refractivity contribution in [1.82, 2.24) is 0 Å². The molecule has 0 spiro atoms. The lowest BCUT2D eigenvalue weighted by molar-refractivity contribution is 0.131. The fourth-order valence-corrected chi connectivity index (χ4v) is 6.13. The van der Waals surface area contributed by atoms with E-state index >= 15 is 0 Å². The summed E-state index contributed by atoms with van der Waals surface area (Å²) in [4.78, 5) is 0. The average Bonchev–Trinajstić information content (AvgIpc) is 2.92. The third-order valence-electron chi connectivity index (χ3n) is 7.24. The Bertz CT molecular complexity index is 698. The van der Waals surface area contributed by atoms with Crippen LogP contribution in [-0.2, 0) is 6.42 Å².